The molecule has 1 amide bonds. The molecule has 8 nitrogen and oxygen atoms in total. The predicted molar refractivity (Wildman–Crippen MR) is 114 cm³/mol. The Bertz CT molecular complexity index is 1210. The molecule has 0 atom stereocenters. The molecule has 3 aromatic carbocycles. The van der Waals surface area contributed by atoms with Crippen molar-refractivity contribution in [3.05, 3.63) is 84.7 Å². The van der Waals surface area contributed by atoms with E-state index in [9.17, 15) is 9.59 Å². The van der Waals surface area contributed by atoms with E-state index < -0.39 is 5.97 Å². The molecule has 152 valence electrons. The number of fused-ring (bicyclic) bond motifs is 2. The average Bonchev–Trinajstić information content (AvgIpc) is 3.36. The molecule has 1 aromatic heterocycles. The van der Waals surface area contributed by atoms with Gasteiger partial charge in [-0.05, 0) is 59.0 Å². The van der Waals surface area contributed by atoms with Crippen LogP contribution in [0.2, 0.25) is 0 Å². The van der Waals surface area contributed by atoms with Crippen molar-refractivity contribution in [3.8, 4) is 5.69 Å². The fourth-order valence-corrected chi connectivity index (χ4v) is 4.34. The van der Waals surface area contributed by atoms with Gasteiger partial charge in [-0.1, -0.05) is 36.0 Å². The Labute approximate surface area is 181 Å². The molecule has 5 rings (SSSR count). The Kier molecular flexibility index (Phi) is 4.93. The highest BCUT2D eigenvalue weighted by Crippen LogP contribution is 2.47. The third-order valence-corrected chi connectivity index (χ3v) is 5.86. The summed E-state index contributed by atoms with van der Waals surface area (Å²) in [6.07, 6.45) is 1.46. The van der Waals surface area contributed by atoms with Crippen molar-refractivity contribution in [1.29, 1.82) is 0 Å². The molecule has 1 aliphatic heterocycles. The summed E-state index contributed by atoms with van der Waals surface area (Å²) in [6, 6.07) is 21.9. The number of benzene rings is 3. The smallest absolute Gasteiger partial charge is 0.338 e. The van der Waals surface area contributed by atoms with E-state index >= 15 is 0 Å². The minimum Gasteiger partial charge on any atom is -0.452 e. The van der Waals surface area contributed by atoms with Crippen LogP contribution in [0.4, 0.5) is 11.4 Å². The molecular formula is C22H15N5O3S. The fourth-order valence-electron chi connectivity index (χ4n) is 3.28. The standard InChI is InChI=1S/C22H15N5O3S/c28-21(13-30-22(29)15-9-11-16(12-10-15)26-14-23-24-25-26)27-17-5-1-3-7-19(17)31-20-8-4-2-6-18(20)27/h1-12,14H,13H2. The second kappa shape index (κ2) is 8.04. The molecule has 1 aliphatic rings. The molecular weight excluding hydrogens is 414 g/mol. The summed E-state index contributed by atoms with van der Waals surface area (Å²) in [4.78, 5) is 29.1. The average molecular weight is 429 g/mol. The fraction of sp³-hybridized carbons (Fsp3) is 0.0455. The Hall–Kier alpha value is -3.98. The minimum absolute atomic E-state index is 0.320. The van der Waals surface area contributed by atoms with Crippen molar-refractivity contribution in [1.82, 2.24) is 20.2 Å². The van der Waals surface area contributed by atoms with E-state index in [4.69, 9.17) is 4.74 Å². The Morgan fingerprint density at radius 1 is 0.871 bits per heavy atom. The lowest BCUT2D eigenvalue weighted by Gasteiger charge is -2.30. The van der Waals surface area contributed by atoms with Crippen molar-refractivity contribution in [2.45, 2.75) is 9.79 Å². The van der Waals surface area contributed by atoms with Crippen molar-refractivity contribution in [2.75, 3.05) is 11.5 Å². The van der Waals surface area contributed by atoms with E-state index in [1.165, 1.54) is 11.0 Å². The van der Waals surface area contributed by atoms with Crippen LogP contribution in [-0.2, 0) is 9.53 Å². The Morgan fingerprint density at radius 2 is 1.52 bits per heavy atom. The number of aromatic nitrogens is 4. The molecule has 0 unspecified atom stereocenters. The van der Waals surface area contributed by atoms with E-state index in [0.717, 1.165) is 21.2 Å². The van der Waals surface area contributed by atoms with Crippen LogP contribution < -0.4 is 4.90 Å². The number of tetrazole rings is 1. The van der Waals surface area contributed by atoms with Gasteiger partial charge in [-0.25, -0.2) is 9.48 Å². The number of para-hydroxylation sites is 2. The molecule has 0 saturated carbocycles. The zero-order valence-electron chi connectivity index (χ0n) is 16.1. The summed E-state index contributed by atoms with van der Waals surface area (Å²) in [5, 5.41) is 11.0. The summed E-state index contributed by atoms with van der Waals surface area (Å²) in [6.45, 7) is -0.374. The summed E-state index contributed by atoms with van der Waals surface area (Å²) in [7, 11) is 0. The lowest BCUT2D eigenvalue weighted by molar-refractivity contribution is -0.121. The van der Waals surface area contributed by atoms with Crippen LogP contribution in [0.5, 0.6) is 0 Å². The van der Waals surface area contributed by atoms with Crippen molar-refractivity contribution in [2.24, 2.45) is 0 Å². The van der Waals surface area contributed by atoms with Gasteiger partial charge < -0.3 is 4.74 Å². The van der Waals surface area contributed by atoms with Crippen LogP contribution in [0.1, 0.15) is 10.4 Å². The third kappa shape index (κ3) is 3.66. The molecule has 2 heterocycles. The molecule has 0 radical (unpaired) electrons. The van der Waals surface area contributed by atoms with E-state index in [1.807, 2.05) is 48.5 Å². The number of carbonyl (C=O) groups excluding carboxylic acids is 2. The van der Waals surface area contributed by atoms with Crippen LogP contribution in [0, 0.1) is 0 Å². The molecule has 31 heavy (non-hydrogen) atoms. The van der Waals surface area contributed by atoms with E-state index in [-0.39, 0.29) is 12.5 Å². The first-order valence-corrected chi connectivity index (χ1v) is 10.2. The number of nitrogens with zero attached hydrogens (tertiary/aromatic N) is 5. The molecule has 0 spiro atoms. The zero-order valence-corrected chi connectivity index (χ0v) is 16.9. The van der Waals surface area contributed by atoms with Gasteiger partial charge in [0.25, 0.3) is 5.91 Å². The summed E-state index contributed by atoms with van der Waals surface area (Å²) < 4.78 is 6.79. The van der Waals surface area contributed by atoms with Crippen molar-refractivity contribution >= 4 is 35.0 Å². The van der Waals surface area contributed by atoms with Gasteiger partial charge in [0.1, 0.15) is 6.33 Å². The lowest BCUT2D eigenvalue weighted by Crippen LogP contribution is -2.32. The zero-order chi connectivity index (χ0) is 21.2. The number of ether oxygens (including phenoxy) is 1. The number of hydrogen-bond donors (Lipinski definition) is 0. The van der Waals surface area contributed by atoms with Gasteiger partial charge in [0.15, 0.2) is 6.61 Å². The van der Waals surface area contributed by atoms with Crippen LogP contribution in [-0.4, -0.2) is 38.7 Å². The highest BCUT2D eigenvalue weighted by atomic mass is 32.2. The minimum atomic E-state index is -0.579. The maximum absolute atomic E-state index is 13.1. The highest BCUT2D eigenvalue weighted by molar-refractivity contribution is 7.99. The maximum atomic E-state index is 13.1. The quantitative estimate of drug-likeness (QED) is 0.458. The normalized spacial score (nSPS) is 12.1. The lowest BCUT2D eigenvalue weighted by atomic mass is 10.2. The van der Waals surface area contributed by atoms with E-state index in [0.29, 0.717) is 11.3 Å². The largest absolute Gasteiger partial charge is 0.452 e. The van der Waals surface area contributed by atoms with Crippen molar-refractivity contribution < 1.29 is 14.3 Å². The van der Waals surface area contributed by atoms with Crippen LogP contribution in [0.25, 0.3) is 5.69 Å². The summed E-state index contributed by atoms with van der Waals surface area (Å²) in [5.41, 5.74) is 2.59. The van der Waals surface area contributed by atoms with Gasteiger partial charge in [-0.2, -0.15) is 0 Å². The first-order valence-electron chi connectivity index (χ1n) is 9.40. The van der Waals surface area contributed by atoms with E-state index in [2.05, 4.69) is 15.5 Å². The molecule has 0 aliphatic carbocycles. The third-order valence-electron chi connectivity index (χ3n) is 4.72. The predicted octanol–water partition coefficient (Wildman–Crippen LogP) is 3.65. The number of esters is 1. The topological polar surface area (TPSA) is 90.2 Å². The van der Waals surface area contributed by atoms with E-state index in [1.54, 1.807) is 40.9 Å². The number of amides is 1. The second-order valence-electron chi connectivity index (χ2n) is 6.64. The van der Waals surface area contributed by atoms with Gasteiger partial charge in [-0.15, -0.1) is 5.10 Å². The number of rotatable bonds is 4. The number of hydrogen-bond acceptors (Lipinski definition) is 7. The van der Waals surface area contributed by atoms with Gasteiger partial charge >= 0.3 is 5.97 Å². The first-order chi connectivity index (χ1) is 15.2. The van der Waals surface area contributed by atoms with Gasteiger partial charge in [0.2, 0.25) is 0 Å². The van der Waals surface area contributed by atoms with Crippen LogP contribution in [0.15, 0.2) is 88.9 Å². The Morgan fingerprint density at radius 3 is 2.13 bits per heavy atom. The molecule has 0 bridgehead atoms. The molecule has 9 heteroatoms. The SMILES string of the molecule is O=C(OCC(=O)N1c2ccccc2Sc2ccccc21)c1ccc(-n2cnnn2)cc1. The Balaban J connectivity index is 1.32. The summed E-state index contributed by atoms with van der Waals surface area (Å²) in [5.74, 6) is -0.900. The van der Waals surface area contributed by atoms with Crippen LogP contribution in [0.3, 0.4) is 0 Å². The molecule has 4 aromatic rings. The monoisotopic (exact) mass is 429 g/mol. The van der Waals surface area contributed by atoms with Gasteiger partial charge in [0.05, 0.1) is 22.6 Å². The van der Waals surface area contributed by atoms with Crippen LogP contribution >= 0.6 is 11.8 Å². The number of carbonyl (C=O) groups is 2. The first kappa shape index (κ1) is 19.0. The van der Waals surface area contributed by atoms with Crippen molar-refractivity contribution in [3.63, 3.8) is 0 Å². The van der Waals surface area contributed by atoms with Gasteiger partial charge in [0, 0.05) is 9.79 Å². The maximum Gasteiger partial charge on any atom is 0.338 e. The second-order valence-corrected chi connectivity index (χ2v) is 7.73. The molecule has 0 N–H and O–H groups in total. The molecule has 0 saturated heterocycles. The van der Waals surface area contributed by atoms with Gasteiger partial charge in [-0.3, -0.25) is 9.69 Å². The highest BCUT2D eigenvalue weighted by Gasteiger charge is 2.28. The summed E-state index contributed by atoms with van der Waals surface area (Å²) >= 11 is 1.61. The molecule has 0 fully saturated rings. The number of anilines is 2.